The van der Waals surface area contributed by atoms with Gasteiger partial charge in [-0.15, -0.1) is 0 Å². The van der Waals surface area contributed by atoms with Gasteiger partial charge in [-0.25, -0.2) is 0 Å². The lowest BCUT2D eigenvalue weighted by molar-refractivity contribution is -0.0562. The van der Waals surface area contributed by atoms with Gasteiger partial charge in [0, 0.05) is 5.56 Å². The topological polar surface area (TPSA) is 77.4 Å². The molecule has 0 amide bonds. The van der Waals surface area contributed by atoms with Crippen LogP contribution in [0.15, 0.2) is 30.3 Å². The highest BCUT2D eigenvalue weighted by molar-refractivity contribution is 5.61. The van der Waals surface area contributed by atoms with Gasteiger partial charge >= 0.3 is 0 Å². The lowest BCUT2D eigenvalue weighted by atomic mass is 9.63. The number of hydrogen-bond acceptors (Lipinski definition) is 6. The van der Waals surface area contributed by atoms with Crippen LogP contribution in [0.4, 0.5) is 0 Å². The highest BCUT2D eigenvalue weighted by Gasteiger charge is 2.51. The summed E-state index contributed by atoms with van der Waals surface area (Å²) in [5, 5.41) is 22.8. The molecular weight excluding hydrogens is 336 g/mol. The third-order valence-electron chi connectivity index (χ3n) is 6.03. The van der Waals surface area contributed by atoms with Crippen molar-refractivity contribution in [2.24, 2.45) is 11.8 Å². The number of aliphatic hydroxyl groups excluding tert-OH is 1. The van der Waals surface area contributed by atoms with Crippen molar-refractivity contribution in [3.63, 3.8) is 0 Å². The van der Waals surface area contributed by atoms with Crippen LogP contribution < -0.4 is 18.9 Å². The van der Waals surface area contributed by atoms with Gasteiger partial charge in [0.25, 0.3) is 0 Å². The van der Waals surface area contributed by atoms with Crippen molar-refractivity contribution in [1.82, 2.24) is 0 Å². The molecule has 5 rings (SSSR count). The van der Waals surface area contributed by atoms with Gasteiger partial charge in [0.1, 0.15) is 5.60 Å². The summed E-state index contributed by atoms with van der Waals surface area (Å²) >= 11 is 0. The van der Waals surface area contributed by atoms with E-state index in [4.69, 9.17) is 18.9 Å². The largest absolute Gasteiger partial charge is 0.454 e. The highest BCUT2D eigenvalue weighted by atomic mass is 16.7. The molecule has 136 valence electrons. The Kier molecular flexibility index (Phi) is 3.21. The Bertz CT molecular complexity index is 894. The van der Waals surface area contributed by atoms with E-state index in [1.807, 2.05) is 32.0 Å². The Morgan fingerprint density at radius 3 is 2.46 bits per heavy atom. The zero-order valence-electron chi connectivity index (χ0n) is 14.6. The smallest absolute Gasteiger partial charge is 0.231 e. The lowest BCUT2D eigenvalue weighted by Gasteiger charge is -2.46. The Labute approximate surface area is 150 Å². The highest BCUT2D eigenvalue weighted by Crippen LogP contribution is 2.57. The van der Waals surface area contributed by atoms with Crippen LogP contribution in [0.1, 0.15) is 36.6 Å². The van der Waals surface area contributed by atoms with Gasteiger partial charge in [-0.05, 0) is 41.2 Å². The molecule has 6 heteroatoms. The van der Waals surface area contributed by atoms with Crippen molar-refractivity contribution >= 4 is 0 Å². The predicted molar refractivity (Wildman–Crippen MR) is 91.4 cm³/mol. The Morgan fingerprint density at radius 2 is 1.62 bits per heavy atom. The van der Waals surface area contributed by atoms with E-state index in [1.54, 1.807) is 12.1 Å². The van der Waals surface area contributed by atoms with Crippen LogP contribution in [-0.2, 0) is 5.60 Å². The second-order valence-corrected chi connectivity index (χ2v) is 7.19. The second-order valence-electron chi connectivity index (χ2n) is 7.19. The zero-order chi connectivity index (χ0) is 18.1. The minimum absolute atomic E-state index is 0.100. The molecule has 2 aromatic rings. The quantitative estimate of drug-likeness (QED) is 0.818. The minimum Gasteiger partial charge on any atom is -0.454 e. The zero-order valence-corrected chi connectivity index (χ0v) is 14.6. The van der Waals surface area contributed by atoms with E-state index in [9.17, 15) is 10.2 Å². The molecule has 0 aromatic heterocycles. The normalized spacial score (nSPS) is 31.0. The molecule has 6 nitrogen and oxygen atoms in total. The molecule has 3 aliphatic rings. The molecule has 0 fully saturated rings. The van der Waals surface area contributed by atoms with Crippen molar-refractivity contribution in [2.75, 3.05) is 13.6 Å². The average molecular weight is 356 g/mol. The summed E-state index contributed by atoms with van der Waals surface area (Å²) in [6.45, 7) is 4.16. The maximum atomic E-state index is 12.0. The fraction of sp³-hybridized carbons (Fsp3) is 0.400. The summed E-state index contributed by atoms with van der Waals surface area (Å²) < 4.78 is 22.1. The fourth-order valence-corrected chi connectivity index (χ4v) is 4.33. The van der Waals surface area contributed by atoms with Gasteiger partial charge in [0.15, 0.2) is 23.0 Å². The molecule has 4 atom stereocenters. The first kappa shape index (κ1) is 15.8. The number of rotatable bonds is 1. The van der Waals surface area contributed by atoms with E-state index in [2.05, 4.69) is 0 Å². The molecule has 26 heavy (non-hydrogen) atoms. The average Bonchev–Trinajstić information content (AvgIpc) is 3.31. The van der Waals surface area contributed by atoms with Crippen LogP contribution in [0, 0.1) is 11.8 Å². The molecule has 0 saturated carbocycles. The first-order valence-corrected chi connectivity index (χ1v) is 8.75. The first-order chi connectivity index (χ1) is 12.5. The number of fused-ring (bicyclic) bond motifs is 4. The Morgan fingerprint density at radius 1 is 0.923 bits per heavy atom. The molecule has 2 aliphatic heterocycles. The third-order valence-corrected chi connectivity index (χ3v) is 6.03. The molecule has 2 aromatic carbocycles. The van der Waals surface area contributed by atoms with Gasteiger partial charge in [-0.2, -0.15) is 0 Å². The summed E-state index contributed by atoms with van der Waals surface area (Å²) in [4.78, 5) is 0. The van der Waals surface area contributed by atoms with Gasteiger partial charge < -0.3 is 29.2 Å². The van der Waals surface area contributed by atoms with E-state index in [-0.39, 0.29) is 25.4 Å². The Hall–Kier alpha value is -2.44. The standard InChI is InChI=1S/C20H20O6/c1-10-11(2)20(22,12-3-5-14-16(7-12)25-8-23-14)17-13(18(10)21)4-6-15-19(17)26-9-24-15/h3-7,10-11,18,21-22H,8-9H2,1-2H3/t10-,11-,18?,20+/m0/s1. The first-order valence-electron chi connectivity index (χ1n) is 8.75. The number of aliphatic hydroxyl groups is 2. The molecule has 1 aliphatic carbocycles. The molecule has 0 radical (unpaired) electrons. The van der Waals surface area contributed by atoms with Crippen molar-refractivity contribution in [3.8, 4) is 23.0 Å². The van der Waals surface area contributed by atoms with E-state index in [0.29, 0.717) is 39.7 Å². The van der Waals surface area contributed by atoms with Gasteiger partial charge in [-0.3, -0.25) is 0 Å². The predicted octanol–water partition coefficient (Wildman–Crippen LogP) is 2.70. The van der Waals surface area contributed by atoms with Gasteiger partial charge in [0.2, 0.25) is 13.6 Å². The minimum atomic E-state index is -1.35. The van der Waals surface area contributed by atoms with Gasteiger partial charge in [-0.1, -0.05) is 26.0 Å². The summed E-state index contributed by atoms with van der Waals surface area (Å²) in [5.41, 5.74) is 0.566. The van der Waals surface area contributed by atoms with E-state index in [1.165, 1.54) is 0 Å². The van der Waals surface area contributed by atoms with Crippen molar-refractivity contribution in [1.29, 1.82) is 0 Å². The lowest BCUT2D eigenvalue weighted by Crippen LogP contribution is -2.45. The van der Waals surface area contributed by atoms with Crippen molar-refractivity contribution < 1.29 is 29.2 Å². The second kappa shape index (κ2) is 5.28. The molecule has 0 bridgehead atoms. The van der Waals surface area contributed by atoms with Crippen molar-refractivity contribution in [2.45, 2.75) is 25.6 Å². The summed E-state index contributed by atoms with van der Waals surface area (Å²) in [5.74, 6) is 1.93. The van der Waals surface area contributed by atoms with Crippen LogP contribution in [-0.4, -0.2) is 23.8 Å². The molecule has 0 saturated heterocycles. The summed E-state index contributed by atoms with van der Waals surface area (Å²) in [7, 11) is 0. The van der Waals surface area contributed by atoms with E-state index >= 15 is 0 Å². The van der Waals surface area contributed by atoms with Crippen LogP contribution in [0.5, 0.6) is 23.0 Å². The maximum Gasteiger partial charge on any atom is 0.231 e. The van der Waals surface area contributed by atoms with Crippen LogP contribution in [0.3, 0.4) is 0 Å². The maximum absolute atomic E-state index is 12.0. The number of ether oxygens (including phenoxy) is 4. The van der Waals surface area contributed by atoms with Crippen molar-refractivity contribution in [3.05, 3.63) is 47.0 Å². The van der Waals surface area contributed by atoms with Crippen LogP contribution in [0.2, 0.25) is 0 Å². The summed E-state index contributed by atoms with van der Waals surface area (Å²) in [6, 6.07) is 9.05. The van der Waals surface area contributed by atoms with Crippen LogP contribution >= 0.6 is 0 Å². The monoisotopic (exact) mass is 356 g/mol. The fourth-order valence-electron chi connectivity index (χ4n) is 4.33. The molecule has 2 N–H and O–H groups in total. The third kappa shape index (κ3) is 1.88. The molecule has 1 unspecified atom stereocenters. The van der Waals surface area contributed by atoms with E-state index in [0.717, 1.165) is 0 Å². The molecule has 0 spiro atoms. The van der Waals surface area contributed by atoms with Crippen LogP contribution in [0.25, 0.3) is 0 Å². The van der Waals surface area contributed by atoms with E-state index < -0.39 is 11.7 Å². The summed E-state index contributed by atoms with van der Waals surface area (Å²) in [6.07, 6.45) is -0.691. The molecular formula is C20H20O6. The molecule has 2 heterocycles. The van der Waals surface area contributed by atoms with Gasteiger partial charge in [0.05, 0.1) is 6.10 Å². The number of hydrogen-bond donors (Lipinski definition) is 2. The Balaban J connectivity index is 1.78. The number of benzene rings is 2. The SMILES string of the molecule is C[C@@H]1C(O)c2ccc3c(c2[C@](O)(c2ccc4c(c2)OCO4)[C@H]1C)OCO3.